The van der Waals surface area contributed by atoms with Crippen molar-refractivity contribution in [1.82, 2.24) is 0 Å². The van der Waals surface area contributed by atoms with Gasteiger partial charge in [0.2, 0.25) is 0 Å². The van der Waals surface area contributed by atoms with E-state index < -0.39 is 0 Å². The molecule has 0 radical (unpaired) electrons. The lowest BCUT2D eigenvalue weighted by atomic mass is 9.94. The van der Waals surface area contributed by atoms with Gasteiger partial charge in [0.15, 0.2) is 0 Å². The summed E-state index contributed by atoms with van der Waals surface area (Å²) in [6, 6.07) is 68.8. The molecule has 9 aromatic carbocycles. The molecule has 0 aliphatic rings. The number of fused-ring (bicyclic) bond motifs is 8. The van der Waals surface area contributed by atoms with Crippen molar-refractivity contribution in [2.75, 3.05) is 4.90 Å². The lowest BCUT2D eigenvalue weighted by Crippen LogP contribution is -2.09. The first-order chi connectivity index (χ1) is 24.8. The standard InChI is InChI=1S/C48H31NS/c1-2-9-32(10-3-1)37-12-8-13-40(29-37)49(41-27-28-44-43-15-6-7-16-46(43)50-47(44)31-41)39-25-23-33(24-26-39)38-22-19-35-18-21-36-20-17-34-11-4-5-14-42(34)48(36)45(35)30-38/h1-31H. The fourth-order valence-corrected chi connectivity index (χ4v) is 8.70. The molecule has 0 spiro atoms. The van der Waals surface area contributed by atoms with Crippen LogP contribution in [-0.4, -0.2) is 0 Å². The highest BCUT2D eigenvalue weighted by atomic mass is 32.1. The third kappa shape index (κ3) is 4.84. The van der Waals surface area contributed by atoms with Crippen molar-refractivity contribution in [1.29, 1.82) is 0 Å². The van der Waals surface area contributed by atoms with Crippen molar-refractivity contribution < 1.29 is 0 Å². The van der Waals surface area contributed by atoms with Gasteiger partial charge in [-0.3, -0.25) is 0 Å². The van der Waals surface area contributed by atoms with Gasteiger partial charge in [0, 0.05) is 37.2 Å². The maximum Gasteiger partial charge on any atom is 0.0476 e. The van der Waals surface area contributed by atoms with Gasteiger partial charge < -0.3 is 4.90 Å². The summed E-state index contributed by atoms with van der Waals surface area (Å²) in [5.74, 6) is 0. The Balaban J connectivity index is 1.10. The molecule has 0 aliphatic carbocycles. The Morgan fingerprint density at radius 2 is 0.880 bits per heavy atom. The van der Waals surface area contributed by atoms with Gasteiger partial charge in [0.1, 0.15) is 0 Å². The average Bonchev–Trinajstić information content (AvgIpc) is 3.56. The van der Waals surface area contributed by atoms with Gasteiger partial charge in [0.05, 0.1) is 0 Å². The molecular formula is C48H31NS. The molecule has 0 atom stereocenters. The number of anilines is 3. The molecule has 10 aromatic rings. The normalized spacial score (nSPS) is 11.6. The van der Waals surface area contributed by atoms with Crippen LogP contribution in [0, 0.1) is 0 Å². The summed E-state index contributed by atoms with van der Waals surface area (Å²) in [5, 5.41) is 10.3. The second kappa shape index (κ2) is 11.7. The van der Waals surface area contributed by atoms with Gasteiger partial charge in [-0.1, -0.05) is 140 Å². The van der Waals surface area contributed by atoms with E-state index in [0.717, 1.165) is 17.1 Å². The summed E-state index contributed by atoms with van der Waals surface area (Å²) >= 11 is 1.86. The van der Waals surface area contributed by atoms with E-state index in [1.807, 2.05) is 11.3 Å². The minimum Gasteiger partial charge on any atom is -0.310 e. The molecule has 0 amide bonds. The zero-order valence-electron chi connectivity index (χ0n) is 27.3. The van der Waals surface area contributed by atoms with E-state index in [9.17, 15) is 0 Å². The monoisotopic (exact) mass is 653 g/mol. The Morgan fingerprint density at radius 1 is 0.300 bits per heavy atom. The molecule has 0 aliphatic heterocycles. The summed E-state index contributed by atoms with van der Waals surface area (Å²) in [7, 11) is 0. The van der Waals surface area contributed by atoms with Crippen molar-refractivity contribution >= 4 is 80.9 Å². The van der Waals surface area contributed by atoms with Gasteiger partial charge >= 0.3 is 0 Å². The Hall–Kier alpha value is -6.22. The van der Waals surface area contributed by atoms with Crippen LogP contribution in [0.1, 0.15) is 0 Å². The summed E-state index contributed by atoms with van der Waals surface area (Å²) in [6.07, 6.45) is 0. The zero-order valence-corrected chi connectivity index (χ0v) is 28.1. The van der Waals surface area contributed by atoms with Crippen molar-refractivity contribution in [3.8, 4) is 22.3 Å². The highest BCUT2D eigenvalue weighted by Gasteiger charge is 2.16. The quantitative estimate of drug-likeness (QED) is 0.167. The van der Waals surface area contributed by atoms with Crippen LogP contribution < -0.4 is 4.90 Å². The summed E-state index contributed by atoms with van der Waals surface area (Å²) in [4.78, 5) is 2.39. The molecule has 1 heterocycles. The van der Waals surface area contributed by atoms with E-state index in [1.54, 1.807) is 0 Å². The molecule has 1 aromatic heterocycles. The topological polar surface area (TPSA) is 3.24 Å². The predicted octanol–water partition coefficient (Wildman–Crippen LogP) is 14.3. The smallest absolute Gasteiger partial charge is 0.0476 e. The molecule has 0 fully saturated rings. The second-order valence-corrected chi connectivity index (χ2v) is 14.0. The number of thiophene rings is 1. The molecule has 10 rings (SSSR count). The van der Waals surface area contributed by atoms with Crippen molar-refractivity contribution in [3.05, 3.63) is 188 Å². The molecule has 0 bridgehead atoms. The molecule has 234 valence electrons. The van der Waals surface area contributed by atoms with E-state index >= 15 is 0 Å². The number of nitrogens with zero attached hydrogens (tertiary/aromatic N) is 1. The Kier molecular flexibility index (Phi) is 6.75. The first-order valence-corrected chi connectivity index (χ1v) is 17.9. The summed E-state index contributed by atoms with van der Waals surface area (Å²) in [5.41, 5.74) is 8.22. The van der Waals surface area contributed by atoms with E-state index in [0.29, 0.717) is 0 Å². The van der Waals surface area contributed by atoms with Gasteiger partial charge in [0.25, 0.3) is 0 Å². The van der Waals surface area contributed by atoms with Crippen LogP contribution in [0.4, 0.5) is 17.1 Å². The van der Waals surface area contributed by atoms with Gasteiger partial charge in [-0.25, -0.2) is 0 Å². The third-order valence-corrected chi connectivity index (χ3v) is 11.2. The van der Waals surface area contributed by atoms with E-state index in [2.05, 4.69) is 193 Å². The maximum atomic E-state index is 2.39. The summed E-state index contributed by atoms with van der Waals surface area (Å²) < 4.78 is 2.61. The minimum atomic E-state index is 1.12. The molecule has 0 saturated carbocycles. The highest BCUT2D eigenvalue weighted by molar-refractivity contribution is 7.25. The molecule has 0 N–H and O–H groups in total. The van der Waals surface area contributed by atoms with Crippen LogP contribution >= 0.6 is 11.3 Å². The van der Waals surface area contributed by atoms with Crippen LogP contribution in [0.2, 0.25) is 0 Å². The van der Waals surface area contributed by atoms with Crippen LogP contribution in [0.3, 0.4) is 0 Å². The average molecular weight is 654 g/mol. The number of benzene rings is 9. The van der Waals surface area contributed by atoms with E-state index in [4.69, 9.17) is 0 Å². The van der Waals surface area contributed by atoms with Gasteiger partial charge in [-0.05, 0) is 103 Å². The van der Waals surface area contributed by atoms with Crippen LogP contribution in [-0.2, 0) is 0 Å². The van der Waals surface area contributed by atoms with Crippen LogP contribution in [0.15, 0.2) is 188 Å². The molecule has 1 nitrogen and oxygen atoms in total. The lowest BCUT2D eigenvalue weighted by Gasteiger charge is -2.26. The van der Waals surface area contributed by atoms with Crippen LogP contribution in [0.5, 0.6) is 0 Å². The van der Waals surface area contributed by atoms with E-state index in [-0.39, 0.29) is 0 Å². The van der Waals surface area contributed by atoms with Crippen molar-refractivity contribution in [2.24, 2.45) is 0 Å². The Labute approximate surface area is 294 Å². The maximum absolute atomic E-state index is 2.39. The third-order valence-electron chi connectivity index (χ3n) is 10.0. The van der Waals surface area contributed by atoms with E-state index in [1.165, 1.54) is 74.7 Å². The largest absolute Gasteiger partial charge is 0.310 e. The molecular weight excluding hydrogens is 623 g/mol. The molecule has 50 heavy (non-hydrogen) atoms. The number of rotatable bonds is 5. The van der Waals surface area contributed by atoms with Crippen LogP contribution in [0.25, 0.3) is 74.7 Å². The Morgan fingerprint density at radius 3 is 1.74 bits per heavy atom. The van der Waals surface area contributed by atoms with Gasteiger partial charge in [-0.2, -0.15) is 0 Å². The Bertz CT molecular complexity index is 2860. The van der Waals surface area contributed by atoms with Gasteiger partial charge in [-0.15, -0.1) is 11.3 Å². The second-order valence-electron chi connectivity index (χ2n) is 13.0. The van der Waals surface area contributed by atoms with Crippen molar-refractivity contribution in [2.45, 2.75) is 0 Å². The number of hydrogen-bond donors (Lipinski definition) is 0. The first-order valence-electron chi connectivity index (χ1n) is 17.1. The predicted molar refractivity (Wildman–Crippen MR) is 217 cm³/mol. The van der Waals surface area contributed by atoms with Crippen molar-refractivity contribution in [3.63, 3.8) is 0 Å². The molecule has 2 heteroatoms. The number of hydrogen-bond acceptors (Lipinski definition) is 2. The fourth-order valence-electron chi connectivity index (χ4n) is 7.56. The summed E-state index contributed by atoms with van der Waals surface area (Å²) in [6.45, 7) is 0. The first kappa shape index (κ1) is 28.8. The fraction of sp³-hybridized carbons (Fsp3) is 0. The molecule has 0 saturated heterocycles. The SMILES string of the molecule is c1ccc(-c2cccc(N(c3ccc(-c4ccc5ccc6ccc7ccccc7c6c5c4)cc3)c3ccc4c(c3)sc3ccccc34)c2)cc1. The molecule has 0 unspecified atom stereocenters. The highest BCUT2D eigenvalue weighted by Crippen LogP contribution is 2.42. The lowest BCUT2D eigenvalue weighted by molar-refractivity contribution is 1.29. The minimum absolute atomic E-state index is 1.12. The zero-order chi connectivity index (χ0) is 33.0.